The van der Waals surface area contributed by atoms with Crippen molar-refractivity contribution in [3.63, 3.8) is 0 Å². The molecule has 9 heteroatoms. The van der Waals surface area contributed by atoms with Gasteiger partial charge in [0.2, 0.25) is 5.91 Å². The van der Waals surface area contributed by atoms with Crippen molar-refractivity contribution in [1.29, 1.82) is 0 Å². The Balaban J connectivity index is 1.75. The minimum Gasteiger partial charge on any atom is -0.465 e. The summed E-state index contributed by atoms with van der Waals surface area (Å²) < 4.78 is 11.8. The monoisotopic (exact) mass is 441 g/mol. The van der Waals surface area contributed by atoms with Gasteiger partial charge in [-0.2, -0.15) is 0 Å². The second-order valence-electron chi connectivity index (χ2n) is 6.44. The Kier molecular flexibility index (Phi) is 7.30. The Morgan fingerprint density at radius 3 is 2.58 bits per heavy atom. The molecule has 0 spiro atoms. The smallest absolute Gasteiger partial charge is 0.339 e. The van der Waals surface area contributed by atoms with Crippen LogP contribution in [-0.2, 0) is 20.8 Å². The van der Waals surface area contributed by atoms with Gasteiger partial charge in [0.05, 0.1) is 47.3 Å². The van der Waals surface area contributed by atoms with E-state index in [-0.39, 0.29) is 17.2 Å². The molecule has 1 amide bonds. The average molecular weight is 442 g/mol. The summed E-state index contributed by atoms with van der Waals surface area (Å²) >= 11 is 1.28. The van der Waals surface area contributed by atoms with E-state index >= 15 is 0 Å². The largest absolute Gasteiger partial charge is 0.465 e. The summed E-state index contributed by atoms with van der Waals surface area (Å²) in [5.41, 5.74) is 2.64. The number of methoxy groups -OCH3 is 1. The van der Waals surface area contributed by atoms with E-state index in [1.807, 2.05) is 17.6 Å². The third kappa shape index (κ3) is 5.05. The maximum absolute atomic E-state index is 12.5. The third-order valence-electron chi connectivity index (χ3n) is 4.48. The number of nitrogens with zero attached hydrogens (tertiary/aromatic N) is 2. The van der Waals surface area contributed by atoms with Gasteiger partial charge in [-0.15, -0.1) is 0 Å². The Bertz CT molecular complexity index is 1130. The van der Waals surface area contributed by atoms with E-state index in [9.17, 15) is 14.4 Å². The molecule has 0 saturated heterocycles. The molecule has 0 bridgehead atoms. The van der Waals surface area contributed by atoms with E-state index in [1.54, 1.807) is 43.3 Å². The molecule has 3 rings (SSSR count). The van der Waals surface area contributed by atoms with Crippen LogP contribution in [0.5, 0.6) is 0 Å². The zero-order valence-electron chi connectivity index (χ0n) is 17.5. The van der Waals surface area contributed by atoms with E-state index in [4.69, 9.17) is 9.47 Å². The number of imidazole rings is 1. The van der Waals surface area contributed by atoms with Crippen molar-refractivity contribution in [2.24, 2.45) is 0 Å². The number of aromatic nitrogens is 2. The number of carbonyl (C=O) groups is 3. The molecule has 0 aliphatic rings. The molecule has 1 aromatic heterocycles. The molecule has 0 atom stereocenters. The normalized spacial score (nSPS) is 10.7. The molecule has 1 heterocycles. The highest BCUT2D eigenvalue weighted by molar-refractivity contribution is 7.99. The van der Waals surface area contributed by atoms with Crippen molar-refractivity contribution in [2.45, 2.75) is 25.5 Å². The molecular weight excluding hydrogens is 418 g/mol. The van der Waals surface area contributed by atoms with Crippen LogP contribution < -0.4 is 5.32 Å². The van der Waals surface area contributed by atoms with E-state index in [0.717, 1.165) is 5.52 Å². The van der Waals surface area contributed by atoms with Gasteiger partial charge in [-0.05, 0) is 44.2 Å². The van der Waals surface area contributed by atoms with Crippen LogP contribution in [0.15, 0.2) is 47.6 Å². The van der Waals surface area contributed by atoms with Crippen LogP contribution in [-0.4, -0.2) is 46.9 Å². The number of esters is 2. The van der Waals surface area contributed by atoms with Crippen molar-refractivity contribution >= 4 is 46.3 Å². The van der Waals surface area contributed by atoms with Gasteiger partial charge in [0.1, 0.15) is 0 Å². The zero-order valence-corrected chi connectivity index (χ0v) is 18.3. The molecule has 1 N–H and O–H groups in total. The summed E-state index contributed by atoms with van der Waals surface area (Å²) in [5, 5.41) is 3.41. The number of nitrogens with one attached hydrogen (secondary N) is 1. The lowest BCUT2D eigenvalue weighted by Gasteiger charge is -2.10. The maximum Gasteiger partial charge on any atom is 0.339 e. The predicted molar refractivity (Wildman–Crippen MR) is 118 cm³/mol. The van der Waals surface area contributed by atoms with E-state index < -0.39 is 11.9 Å². The van der Waals surface area contributed by atoms with Gasteiger partial charge in [0, 0.05) is 6.54 Å². The van der Waals surface area contributed by atoms with Gasteiger partial charge < -0.3 is 19.4 Å². The van der Waals surface area contributed by atoms with Gasteiger partial charge in [0.25, 0.3) is 0 Å². The topological polar surface area (TPSA) is 99.5 Å². The number of rotatable bonds is 8. The number of para-hydroxylation sites is 1. The summed E-state index contributed by atoms with van der Waals surface area (Å²) in [4.78, 5) is 40.9. The van der Waals surface area contributed by atoms with Crippen LogP contribution in [0.25, 0.3) is 11.0 Å². The van der Waals surface area contributed by atoms with E-state index in [2.05, 4.69) is 10.3 Å². The zero-order chi connectivity index (χ0) is 22.4. The quantitative estimate of drug-likeness (QED) is 0.420. The number of carbonyl (C=O) groups excluding carboxylic acids is 3. The van der Waals surface area contributed by atoms with Gasteiger partial charge >= 0.3 is 11.9 Å². The number of hydrogen-bond donors (Lipinski definition) is 1. The van der Waals surface area contributed by atoms with Crippen molar-refractivity contribution in [3.8, 4) is 0 Å². The van der Waals surface area contributed by atoms with Crippen LogP contribution in [0, 0.1) is 0 Å². The number of thioether (sulfide) groups is 1. The number of aryl methyl sites for hydroxylation is 1. The first-order valence-electron chi connectivity index (χ1n) is 9.75. The summed E-state index contributed by atoms with van der Waals surface area (Å²) in [6.45, 7) is 4.70. The van der Waals surface area contributed by atoms with Crippen LogP contribution in [0.3, 0.4) is 0 Å². The molecule has 2 aromatic carbocycles. The Hall–Kier alpha value is -3.33. The minimum atomic E-state index is -0.520. The molecule has 0 aliphatic carbocycles. The fraction of sp³-hybridized carbons (Fsp3) is 0.273. The molecule has 0 saturated carbocycles. The SMILES string of the molecule is CCOC(=O)c1ccc2c(c1)nc(SCC(=O)Nc1ccccc1C(=O)OC)n2CC. The van der Waals surface area contributed by atoms with Gasteiger partial charge in [-0.1, -0.05) is 23.9 Å². The summed E-state index contributed by atoms with van der Waals surface area (Å²) in [7, 11) is 1.29. The summed E-state index contributed by atoms with van der Waals surface area (Å²) in [5.74, 6) is -1.09. The molecule has 0 fully saturated rings. The average Bonchev–Trinajstić information content (AvgIpc) is 3.14. The van der Waals surface area contributed by atoms with Crippen LogP contribution in [0.4, 0.5) is 5.69 Å². The Labute approximate surface area is 183 Å². The number of hydrogen-bond acceptors (Lipinski definition) is 7. The number of amides is 1. The van der Waals surface area contributed by atoms with Crippen molar-refractivity contribution in [3.05, 3.63) is 53.6 Å². The second-order valence-corrected chi connectivity index (χ2v) is 7.38. The van der Waals surface area contributed by atoms with Crippen molar-refractivity contribution < 1.29 is 23.9 Å². The Morgan fingerprint density at radius 1 is 1.10 bits per heavy atom. The fourth-order valence-corrected chi connectivity index (χ4v) is 3.94. The molecular formula is C22H23N3O5S. The van der Waals surface area contributed by atoms with Crippen molar-refractivity contribution in [2.75, 3.05) is 24.8 Å². The first-order chi connectivity index (χ1) is 15.0. The first kappa shape index (κ1) is 22.4. The van der Waals surface area contributed by atoms with E-state index in [1.165, 1.54) is 18.9 Å². The predicted octanol–water partition coefficient (Wildman–Crippen LogP) is 3.75. The Morgan fingerprint density at radius 2 is 1.87 bits per heavy atom. The van der Waals surface area contributed by atoms with Gasteiger partial charge in [0.15, 0.2) is 5.16 Å². The van der Waals surface area contributed by atoms with Crippen LogP contribution >= 0.6 is 11.8 Å². The molecule has 31 heavy (non-hydrogen) atoms. The molecule has 8 nitrogen and oxygen atoms in total. The van der Waals surface area contributed by atoms with E-state index in [0.29, 0.717) is 35.1 Å². The lowest BCUT2D eigenvalue weighted by Crippen LogP contribution is -2.17. The van der Waals surface area contributed by atoms with Gasteiger partial charge in [-0.25, -0.2) is 14.6 Å². The summed E-state index contributed by atoms with van der Waals surface area (Å²) in [6, 6.07) is 11.9. The number of benzene rings is 2. The summed E-state index contributed by atoms with van der Waals surface area (Å²) in [6.07, 6.45) is 0. The second kappa shape index (κ2) is 10.1. The number of anilines is 1. The highest BCUT2D eigenvalue weighted by Crippen LogP contribution is 2.26. The minimum absolute atomic E-state index is 0.101. The molecule has 162 valence electrons. The molecule has 0 unspecified atom stereocenters. The number of fused-ring (bicyclic) bond motifs is 1. The highest BCUT2D eigenvalue weighted by Gasteiger charge is 2.17. The highest BCUT2D eigenvalue weighted by atomic mass is 32.2. The van der Waals surface area contributed by atoms with Gasteiger partial charge in [-0.3, -0.25) is 4.79 Å². The van der Waals surface area contributed by atoms with Crippen LogP contribution in [0.1, 0.15) is 34.6 Å². The third-order valence-corrected chi connectivity index (χ3v) is 5.46. The van der Waals surface area contributed by atoms with Crippen molar-refractivity contribution in [1.82, 2.24) is 9.55 Å². The lowest BCUT2D eigenvalue weighted by molar-refractivity contribution is -0.113. The molecule has 3 aromatic rings. The standard InChI is InChI=1S/C22H23N3O5S/c1-4-25-18-11-10-14(20(27)30-5-2)12-17(18)24-22(25)31-13-19(26)23-16-9-7-6-8-15(16)21(28)29-3/h6-12H,4-5,13H2,1-3H3,(H,23,26). The lowest BCUT2D eigenvalue weighted by atomic mass is 10.2. The maximum atomic E-state index is 12.5. The molecule has 0 aliphatic heterocycles. The first-order valence-corrected chi connectivity index (χ1v) is 10.7. The van der Waals surface area contributed by atoms with Crippen LogP contribution in [0.2, 0.25) is 0 Å². The fourth-order valence-electron chi connectivity index (χ4n) is 3.06. The number of ether oxygens (including phenoxy) is 2. The molecule has 0 radical (unpaired) electrons.